The number of carbonyl (C=O) groups is 2. The maximum atomic E-state index is 15.9. The van der Waals surface area contributed by atoms with Gasteiger partial charge in [0.2, 0.25) is 0 Å². The van der Waals surface area contributed by atoms with Gasteiger partial charge in [-0.25, -0.2) is 8.78 Å². The van der Waals surface area contributed by atoms with Crippen LogP contribution in [0.2, 0.25) is 0 Å². The molecule has 1 heterocycles. The third-order valence-electron chi connectivity index (χ3n) is 6.80. The minimum absolute atomic E-state index is 0.0126. The fourth-order valence-electron chi connectivity index (χ4n) is 4.73. The molecule has 0 aromatic heterocycles. The summed E-state index contributed by atoms with van der Waals surface area (Å²) < 4.78 is 36.3. The Bertz CT molecular complexity index is 1230. The number of nitrogens with one attached hydrogen (secondary N) is 1. The Labute approximate surface area is 196 Å². The molecular formula is C26H27F2NO3S. The zero-order chi connectivity index (χ0) is 24.3. The van der Waals surface area contributed by atoms with Crippen molar-refractivity contribution in [2.24, 2.45) is 0 Å². The number of thioether (sulfide) groups is 1. The largest absolute Gasteiger partial charge is 0.493 e. The first-order valence-electron chi connectivity index (χ1n) is 10.8. The number of imide groups is 1. The molecule has 174 valence electrons. The molecule has 2 aromatic rings. The number of hydrogen-bond acceptors (Lipinski definition) is 4. The maximum Gasteiger partial charge on any atom is 0.290 e. The van der Waals surface area contributed by atoms with E-state index in [1.165, 1.54) is 18.7 Å². The summed E-state index contributed by atoms with van der Waals surface area (Å²) in [6.07, 6.45) is 3.22. The third-order valence-corrected chi connectivity index (χ3v) is 7.61. The summed E-state index contributed by atoms with van der Waals surface area (Å²) in [6.45, 7) is 10.6. The maximum absolute atomic E-state index is 15.9. The molecule has 1 aliphatic heterocycles. The lowest BCUT2D eigenvalue weighted by Gasteiger charge is -2.42. The van der Waals surface area contributed by atoms with Crippen LogP contribution in [-0.2, 0) is 15.6 Å². The number of hydrogen-bond donors (Lipinski definition) is 1. The lowest BCUT2D eigenvalue weighted by molar-refractivity contribution is -0.115. The quantitative estimate of drug-likeness (QED) is 0.511. The Hall–Kier alpha value is -2.67. The second-order valence-corrected chi connectivity index (χ2v) is 11.0. The van der Waals surface area contributed by atoms with E-state index in [2.05, 4.69) is 39.1 Å². The molecule has 1 N–H and O–H groups in total. The molecule has 0 radical (unpaired) electrons. The number of fused-ring (bicyclic) bond motifs is 1. The van der Waals surface area contributed by atoms with Crippen LogP contribution in [0, 0.1) is 18.6 Å². The van der Waals surface area contributed by atoms with Crippen molar-refractivity contribution in [1.29, 1.82) is 0 Å². The number of carbonyl (C=O) groups excluding carboxylic acids is 2. The van der Waals surface area contributed by atoms with Crippen molar-refractivity contribution in [3.05, 3.63) is 57.0 Å². The molecule has 0 bridgehead atoms. The van der Waals surface area contributed by atoms with Gasteiger partial charge in [0.1, 0.15) is 5.82 Å². The highest BCUT2D eigenvalue weighted by molar-refractivity contribution is 8.18. The summed E-state index contributed by atoms with van der Waals surface area (Å²) >= 11 is 0.657. The predicted octanol–water partition coefficient (Wildman–Crippen LogP) is 6.62. The molecule has 1 aliphatic carbocycles. The fraction of sp³-hybridized carbons (Fsp3) is 0.385. The number of halogens is 2. The number of methoxy groups -OCH3 is 1. The van der Waals surface area contributed by atoms with Gasteiger partial charge in [0.05, 0.1) is 17.6 Å². The Morgan fingerprint density at radius 2 is 1.64 bits per heavy atom. The molecule has 33 heavy (non-hydrogen) atoms. The van der Waals surface area contributed by atoms with Gasteiger partial charge < -0.3 is 4.74 Å². The molecule has 4 nitrogen and oxygen atoms in total. The number of rotatable bonds is 3. The second-order valence-electron chi connectivity index (χ2n) is 10.0. The van der Waals surface area contributed by atoms with Gasteiger partial charge in [-0.3, -0.25) is 14.9 Å². The number of aryl methyl sites for hydroxylation is 1. The molecule has 0 spiro atoms. The number of benzene rings is 2. The molecule has 7 heteroatoms. The van der Waals surface area contributed by atoms with E-state index in [0.29, 0.717) is 17.3 Å². The predicted molar refractivity (Wildman–Crippen MR) is 127 cm³/mol. The minimum atomic E-state index is -0.743. The minimum Gasteiger partial charge on any atom is -0.493 e. The lowest BCUT2D eigenvalue weighted by Crippen LogP contribution is -2.34. The molecule has 1 fully saturated rings. The van der Waals surface area contributed by atoms with Crippen molar-refractivity contribution in [2.45, 2.75) is 58.3 Å². The molecular weight excluding hydrogens is 444 g/mol. The van der Waals surface area contributed by atoms with E-state index in [-0.39, 0.29) is 32.6 Å². The van der Waals surface area contributed by atoms with E-state index in [9.17, 15) is 9.59 Å². The SMILES string of the molecule is COc1c(F)cc(C=C2SC(=O)NC2=O)c(F)c1-c1cc2c(cc1C)C(C)(C)CCC2(C)C. The molecule has 1 saturated heterocycles. The van der Waals surface area contributed by atoms with E-state index in [1.807, 2.05) is 13.0 Å². The van der Waals surface area contributed by atoms with Crippen molar-refractivity contribution in [2.75, 3.05) is 7.11 Å². The van der Waals surface area contributed by atoms with Gasteiger partial charge in [0.25, 0.3) is 11.1 Å². The molecule has 2 amide bonds. The van der Waals surface area contributed by atoms with Crippen LogP contribution in [0.1, 0.15) is 62.8 Å². The van der Waals surface area contributed by atoms with Crippen LogP contribution < -0.4 is 10.1 Å². The van der Waals surface area contributed by atoms with E-state index >= 15 is 8.78 Å². The smallest absolute Gasteiger partial charge is 0.290 e. The normalized spacial score (nSPS) is 20.1. The van der Waals surface area contributed by atoms with Gasteiger partial charge in [0.15, 0.2) is 11.6 Å². The summed E-state index contributed by atoms with van der Waals surface area (Å²) in [5, 5.41) is 1.58. The average molecular weight is 472 g/mol. The van der Waals surface area contributed by atoms with Crippen LogP contribution >= 0.6 is 11.8 Å². The Morgan fingerprint density at radius 3 is 2.18 bits per heavy atom. The first kappa shape index (κ1) is 23.5. The van der Waals surface area contributed by atoms with Crippen molar-refractivity contribution in [1.82, 2.24) is 5.32 Å². The topological polar surface area (TPSA) is 55.4 Å². The molecule has 0 atom stereocenters. The third kappa shape index (κ3) is 3.97. The molecule has 0 unspecified atom stereocenters. The molecule has 4 rings (SSSR count). The fourth-order valence-corrected chi connectivity index (χ4v) is 5.40. The molecule has 0 saturated carbocycles. The van der Waals surface area contributed by atoms with Crippen molar-refractivity contribution >= 4 is 29.0 Å². The second kappa shape index (κ2) is 7.97. The highest BCUT2D eigenvalue weighted by atomic mass is 32.2. The number of ether oxygens (including phenoxy) is 1. The Kier molecular flexibility index (Phi) is 5.68. The summed E-state index contributed by atoms with van der Waals surface area (Å²) in [5.41, 5.74) is 3.45. The van der Waals surface area contributed by atoms with Crippen LogP contribution in [0.5, 0.6) is 5.75 Å². The van der Waals surface area contributed by atoms with Crippen LogP contribution in [0.25, 0.3) is 17.2 Å². The first-order chi connectivity index (χ1) is 15.4. The molecule has 2 aliphatic rings. The van der Waals surface area contributed by atoms with Gasteiger partial charge in [0, 0.05) is 5.56 Å². The monoisotopic (exact) mass is 471 g/mol. The summed E-state index contributed by atoms with van der Waals surface area (Å²) in [7, 11) is 1.30. The van der Waals surface area contributed by atoms with Crippen LogP contribution in [-0.4, -0.2) is 18.3 Å². The highest BCUT2D eigenvalue weighted by Gasteiger charge is 2.38. The van der Waals surface area contributed by atoms with Gasteiger partial charge in [-0.2, -0.15) is 0 Å². The van der Waals surface area contributed by atoms with E-state index in [4.69, 9.17) is 4.74 Å². The Balaban J connectivity index is 1.98. The number of amides is 2. The van der Waals surface area contributed by atoms with Gasteiger partial charge >= 0.3 is 0 Å². The summed E-state index contributed by atoms with van der Waals surface area (Å²) in [6, 6.07) is 5.03. The summed E-state index contributed by atoms with van der Waals surface area (Å²) in [4.78, 5) is 23.5. The first-order valence-corrected chi connectivity index (χ1v) is 11.6. The molecule has 2 aromatic carbocycles. The summed E-state index contributed by atoms with van der Waals surface area (Å²) in [5.74, 6) is -2.27. The van der Waals surface area contributed by atoms with E-state index < -0.39 is 22.8 Å². The van der Waals surface area contributed by atoms with Gasteiger partial charge in [-0.1, -0.05) is 33.8 Å². The van der Waals surface area contributed by atoms with E-state index in [1.54, 1.807) is 0 Å². The van der Waals surface area contributed by atoms with Gasteiger partial charge in [-0.15, -0.1) is 0 Å². The zero-order valence-corrected chi connectivity index (χ0v) is 20.4. The van der Waals surface area contributed by atoms with Gasteiger partial charge in [-0.05, 0) is 82.8 Å². The van der Waals surface area contributed by atoms with Crippen molar-refractivity contribution in [3.8, 4) is 16.9 Å². The standard InChI is InChI=1S/C26H27F2NO3S/c1-13-9-16-17(26(4,5)8-7-25(16,2)3)12-15(13)20-21(28)14(10-18(27)22(20)32-6)11-19-23(30)29-24(31)33-19/h9-12H,7-8H2,1-6H3,(H,29,30,31). The van der Waals surface area contributed by atoms with Crippen LogP contribution in [0.15, 0.2) is 23.1 Å². The lowest BCUT2D eigenvalue weighted by atomic mass is 9.62. The highest BCUT2D eigenvalue weighted by Crippen LogP contribution is 2.49. The van der Waals surface area contributed by atoms with Crippen molar-refractivity contribution < 1.29 is 23.1 Å². The average Bonchev–Trinajstić information content (AvgIpc) is 3.04. The Morgan fingerprint density at radius 1 is 1.03 bits per heavy atom. The zero-order valence-electron chi connectivity index (χ0n) is 19.6. The van der Waals surface area contributed by atoms with Crippen molar-refractivity contribution in [3.63, 3.8) is 0 Å². The van der Waals surface area contributed by atoms with Crippen LogP contribution in [0.4, 0.5) is 13.6 Å². The van der Waals surface area contributed by atoms with E-state index in [0.717, 1.165) is 30.0 Å². The van der Waals surface area contributed by atoms with Crippen LogP contribution in [0.3, 0.4) is 0 Å².